The molecule has 2 N–H and O–H groups in total. The van der Waals surface area contributed by atoms with Gasteiger partial charge < -0.3 is 15.5 Å². The van der Waals surface area contributed by atoms with Crippen LogP contribution in [0.3, 0.4) is 0 Å². The molecule has 0 radical (unpaired) electrons. The van der Waals surface area contributed by atoms with E-state index in [2.05, 4.69) is 41.5 Å². The molecule has 1 saturated heterocycles. The maximum absolute atomic E-state index is 14.2. The average molecular weight is 556 g/mol. The highest BCUT2D eigenvalue weighted by Gasteiger charge is 2.28. The van der Waals surface area contributed by atoms with Crippen LogP contribution in [0.25, 0.3) is 22.2 Å². The second kappa shape index (κ2) is 14.1. The minimum atomic E-state index is -0.00825. The summed E-state index contributed by atoms with van der Waals surface area (Å²) in [6.45, 7) is 9.38. The minimum absolute atomic E-state index is 0.00825. The summed E-state index contributed by atoms with van der Waals surface area (Å²) in [6.07, 6.45) is 6.68. The Morgan fingerprint density at radius 3 is 2.39 bits per heavy atom. The molecule has 7 heteroatoms. The zero-order chi connectivity index (χ0) is 28.6. The first-order valence-electron chi connectivity index (χ1n) is 15.5. The van der Waals surface area contributed by atoms with E-state index in [1.54, 1.807) is 0 Å². The molecule has 2 fully saturated rings. The number of carbonyl (C=O) groups excluding carboxylic acids is 2. The minimum Gasteiger partial charge on any atom is -0.349 e. The number of amides is 2. The van der Waals surface area contributed by atoms with E-state index in [0.717, 1.165) is 59.5 Å². The fraction of sp³-hybridized carbons (Fsp3) is 0.500. The molecule has 41 heavy (non-hydrogen) atoms. The molecule has 2 amide bonds. The van der Waals surface area contributed by atoms with E-state index < -0.39 is 0 Å². The molecule has 1 saturated carbocycles. The second-order valence-corrected chi connectivity index (χ2v) is 11.6. The summed E-state index contributed by atoms with van der Waals surface area (Å²) < 4.78 is 0. The molecule has 2 aliphatic rings. The molecule has 0 unspecified atom stereocenters. The van der Waals surface area contributed by atoms with Crippen LogP contribution in [0.1, 0.15) is 68.3 Å². The van der Waals surface area contributed by atoms with Crippen LogP contribution >= 0.6 is 0 Å². The molecule has 2 heterocycles. The lowest BCUT2D eigenvalue weighted by molar-refractivity contribution is -0.132. The Hall–Kier alpha value is -3.29. The van der Waals surface area contributed by atoms with Gasteiger partial charge in [0.15, 0.2) is 0 Å². The number of nitrogens with zero attached hydrogens (tertiary/aromatic N) is 3. The maximum atomic E-state index is 14.2. The molecule has 1 aliphatic carbocycles. The standard InChI is InChI=1S/C34H45N5O2/c1-3-35-19-18-31(40)39-22-20-38(21-23-39)24-29-32(34(41)36-25(2)26-12-6-4-7-13-26)28-16-10-11-17-30(28)37-33(29)27-14-8-5-9-15-27/h5,8-11,14-17,25-26,35H,3-4,6-7,12-13,18-24H2,1-2H3,(H,36,41)/t25-/m0/s1. The summed E-state index contributed by atoms with van der Waals surface area (Å²) in [7, 11) is 0. The van der Waals surface area contributed by atoms with Crippen LogP contribution in [0.4, 0.5) is 0 Å². The Labute approximate surface area is 244 Å². The van der Waals surface area contributed by atoms with E-state index in [-0.39, 0.29) is 17.9 Å². The fourth-order valence-electron chi connectivity index (χ4n) is 6.44. The van der Waals surface area contributed by atoms with Gasteiger partial charge in [-0.1, -0.05) is 74.7 Å². The normalized spacial score (nSPS) is 17.5. The lowest BCUT2D eigenvalue weighted by Gasteiger charge is -2.35. The zero-order valence-corrected chi connectivity index (χ0v) is 24.7. The Balaban J connectivity index is 1.45. The predicted octanol–water partition coefficient (Wildman–Crippen LogP) is 5.24. The van der Waals surface area contributed by atoms with Gasteiger partial charge in [-0.15, -0.1) is 0 Å². The third-order valence-electron chi connectivity index (χ3n) is 8.86. The molecular weight excluding hydrogens is 510 g/mol. The average Bonchev–Trinajstić information content (AvgIpc) is 3.02. The number of hydrogen-bond donors (Lipinski definition) is 2. The molecule has 3 aromatic rings. The van der Waals surface area contributed by atoms with Gasteiger partial charge in [-0.2, -0.15) is 0 Å². The van der Waals surface area contributed by atoms with Crippen LogP contribution < -0.4 is 10.6 Å². The molecule has 2 aromatic carbocycles. The molecule has 5 rings (SSSR count). The molecular formula is C34H45N5O2. The summed E-state index contributed by atoms with van der Waals surface area (Å²) >= 11 is 0. The molecule has 218 valence electrons. The van der Waals surface area contributed by atoms with E-state index in [4.69, 9.17) is 4.98 Å². The van der Waals surface area contributed by atoms with Crippen LogP contribution in [0, 0.1) is 5.92 Å². The van der Waals surface area contributed by atoms with E-state index in [1.165, 1.54) is 32.1 Å². The largest absolute Gasteiger partial charge is 0.349 e. The highest BCUT2D eigenvalue weighted by molar-refractivity contribution is 6.09. The van der Waals surface area contributed by atoms with Crippen molar-refractivity contribution in [2.75, 3.05) is 39.3 Å². The Kier molecular flexibility index (Phi) is 10.0. The SMILES string of the molecule is CCNCCC(=O)N1CCN(Cc2c(-c3ccccc3)nc3ccccc3c2C(=O)N[C@@H](C)C2CCCCC2)CC1. The first kappa shape index (κ1) is 29.2. The molecule has 0 spiro atoms. The van der Waals surface area contributed by atoms with Crippen LogP contribution in [0.15, 0.2) is 54.6 Å². The molecule has 0 bridgehead atoms. The number of rotatable bonds is 10. The van der Waals surface area contributed by atoms with Gasteiger partial charge in [-0.25, -0.2) is 4.98 Å². The molecule has 1 aromatic heterocycles. The molecule has 1 aliphatic heterocycles. The number of carbonyl (C=O) groups is 2. The summed E-state index contributed by atoms with van der Waals surface area (Å²) in [5, 5.41) is 7.56. The second-order valence-electron chi connectivity index (χ2n) is 11.6. The van der Waals surface area contributed by atoms with Crippen LogP contribution in [0.2, 0.25) is 0 Å². The van der Waals surface area contributed by atoms with Crippen molar-refractivity contribution in [3.63, 3.8) is 0 Å². The number of piperazine rings is 1. The van der Waals surface area contributed by atoms with Crippen LogP contribution in [-0.4, -0.2) is 71.9 Å². The third kappa shape index (κ3) is 7.14. The maximum Gasteiger partial charge on any atom is 0.252 e. The monoisotopic (exact) mass is 555 g/mol. The predicted molar refractivity (Wildman–Crippen MR) is 166 cm³/mol. The number of para-hydroxylation sites is 1. The van der Waals surface area contributed by atoms with E-state index >= 15 is 0 Å². The van der Waals surface area contributed by atoms with E-state index in [1.807, 2.05) is 47.4 Å². The Bertz CT molecular complexity index is 1310. The van der Waals surface area contributed by atoms with E-state index in [0.29, 0.717) is 32.0 Å². The summed E-state index contributed by atoms with van der Waals surface area (Å²) in [6, 6.07) is 18.4. The van der Waals surface area contributed by atoms with Crippen LogP contribution in [-0.2, 0) is 11.3 Å². The van der Waals surface area contributed by atoms with Gasteiger partial charge in [0.25, 0.3) is 5.91 Å². The zero-order valence-electron chi connectivity index (χ0n) is 24.7. The Morgan fingerprint density at radius 2 is 1.66 bits per heavy atom. The van der Waals surface area contributed by atoms with Gasteiger partial charge >= 0.3 is 0 Å². The highest BCUT2D eigenvalue weighted by atomic mass is 16.2. The van der Waals surface area contributed by atoms with Crippen molar-refractivity contribution in [2.45, 2.75) is 65.0 Å². The number of aromatic nitrogens is 1. The lowest BCUT2D eigenvalue weighted by atomic mass is 9.84. The van der Waals surface area contributed by atoms with Crippen molar-refractivity contribution >= 4 is 22.7 Å². The van der Waals surface area contributed by atoms with E-state index in [9.17, 15) is 9.59 Å². The third-order valence-corrected chi connectivity index (χ3v) is 8.86. The highest BCUT2D eigenvalue weighted by Crippen LogP contribution is 2.33. The van der Waals surface area contributed by atoms with Crippen molar-refractivity contribution in [2.24, 2.45) is 5.92 Å². The molecule has 7 nitrogen and oxygen atoms in total. The first-order chi connectivity index (χ1) is 20.0. The number of benzene rings is 2. The molecule has 1 atom stereocenters. The van der Waals surface area contributed by atoms with Gasteiger partial charge in [0.05, 0.1) is 16.8 Å². The number of nitrogens with one attached hydrogen (secondary N) is 2. The first-order valence-corrected chi connectivity index (χ1v) is 15.5. The fourth-order valence-corrected chi connectivity index (χ4v) is 6.44. The quantitative estimate of drug-likeness (QED) is 0.335. The van der Waals surface area contributed by atoms with Crippen molar-refractivity contribution < 1.29 is 9.59 Å². The van der Waals surface area contributed by atoms with Gasteiger partial charge in [0.1, 0.15) is 0 Å². The summed E-state index contributed by atoms with van der Waals surface area (Å²) in [5.41, 5.74) is 4.42. The van der Waals surface area contributed by atoms with Crippen molar-refractivity contribution in [3.05, 3.63) is 65.7 Å². The van der Waals surface area contributed by atoms with Gasteiger partial charge in [0, 0.05) is 68.2 Å². The number of hydrogen-bond acceptors (Lipinski definition) is 5. The van der Waals surface area contributed by atoms with Crippen molar-refractivity contribution in [3.8, 4) is 11.3 Å². The van der Waals surface area contributed by atoms with Gasteiger partial charge in [-0.05, 0) is 38.3 Å². The Morgan fingerprint density at radius 1 is 0.951 bits per heavy atom. The number of pyridine rings is 1. The summed E-state index contributed by atoms with van der Waals surface area (Å²) in [4.78, 5) is 36.4. The lowest BCUT2D eigenvalue weighted by Crippen LogP contribution is -2.49. The van der Waals surface area contributed by atoms with Gasteiger partial charge in [0.2, 0.25) is 5.91 Å². The van der Waals surface area contributed by atoms with Crippen LogP contribution in [0.5, 0.6) is 0 Å². The van der Waals surface area contributed by atoms with Gasteiger partial charge in [-0.3, -0.25) is 14.5 Å². The smallest absolute Gasteiger partial charge is 0.252 e. The summed E-state index contributed by atoms with van der Waals surface area (Å²) in [5.74, 6) is 0.724. The topological polar surface area (TPSA) is 77.6 Å². The van der Waals surface area contributed by atoms with Crippen molar-refractivity contribution in [1.82, 2.24) is 25.4 Å². The number of fused-ring (bicyclic) bond motifs is 1. The van der Waals surface area contributed by atoms with Crippen molar-refractivity contribution in [1.29, 1.82) is 0 Å².